The van der Waals surface area contributed by atoms with Gasteiger partial charge in [-0.15, -0.1) is 0 Å². The third-order valence-electron chi connectivity index (χ3n) is 3.90. The monoisotopic (exact) mass is 241 g/mol. The molecule has 1 rings (SSSR count). The third kappa shape index (κ3) is 4.66. The van der Waals surface area contributed by atoms with E-state index in [1.54, 1.807) is 0 Å². The van der Waals surface area contributed by atoms with Crippen LogP contribution in [0.4, 0.5) is 0 Å². The standard InChI is InChI=1S/C14H27NO2/c1-11(2)15(9-7-13(16)17)12-6-5-8-14(3,4)10-12/h11-12H,5-10H2,1-4H3,(H,16,17). The second-order valence-corrected chi connectivity index (χ2v) is 6.39. The minimum Gasteiger partial charge on any atom is -0.481 e. The number of carboxylic acid groups (broad SMARTS) is 1. The number of rotatable bonds is 5. The Bertz CT molecular complexity index is 261. The predicted octanol–water partition coefficient (Wildman–Crippen LogP) is 3.14. The molecule has 1 fully saturated rings. The largest absolute Gasteiger partial charge is 0.481 e. The number of carbonyl (C=O) groups is 1. The molecule has 0 spiro atoms. The SMILES string of the molecule is CC(C)N(CCC(=O)O)C1CCCC(C)(C)C1. The van der Waals surface area contributed by atoms with Crippen molar-refractivity contribution in [3.05, 3.63) is 0 Å². The molecular weight excluding hydrogens is 214 g/mol. The van der Waals surface area contributed by atoms with Crippen LogP contribution in [0, 0.1) is 5.41 Å². The van der Waals surface area contributed by atoms with Gasteiger partial charge in [-0.05, 0) is 38.5 Å². The van der Waals surface area contributed by atoms with Gasteiger partial charge in [0.05, 0.1) is 6.42 Å². The fraction of sp³-hybridized carbons (Fsp3) is 0.929. The first-order valence-electron chi connectivity index (χ1n) is 6.79. The van der Waals surface area contributed by atoms with Gasteiger partial charge in [-0.1, -0.05) is 20.3 Å². The predicted molar refractivity (Wildman–Crippen MR) is 70.1 cm³/mol. The van der Waals surface area contributed by atoms with Gasteiger partial charge in [0.1, 0.15) is 0 Å². The van der Waals surface area contributed by atoms with Crippen LogP contribution in [0.1, 0.15) is 59.8 Å². The fourth-order valence-electron chi connectivity index (χ4n) is 3.03. The quantitative estimate of drug-likeness (QED) is 0.804. The molecule has 100 valence electrons. The molecule has 1 atom stereocenters. The van der Waals surface area contributed by atoms with E-state index in [-0.39, 0.29) is 6.42 Å². The van der Waals surface area contributed by atoms with E-state index in [1.165, 1.54) is 25.7 Å². The van der Waals surface area contributed by atoms with Crippen LogP contribution in [-0.4, -0.2) is 34.6 Å². The van der Waals surface area contributed by atoms with Crippen molar-refractivity contribution in [3.8, 4) is 0 Å². The maximum absolute atomic E-state index is 10.7. The lowest BCUT2D eigenvalue weighted by atomic mass is 9.74. The summed E-state index contributed by atoms with van der Waals surface area (Å²) in [5.74, 6) is -0.689. The normalized spacial score (nSPS) is 24.2. The van der Waals surface area contributed by atoms with Crippen molar-refractivity contribution in [1.29, 1.82) is 0 Å². The first-order chi connectivity index (χ1) is 7.82. The van der Waals surface area contributed by atoms with Crippen molar-refractivity contribution in [2.75, 3.05) is 6.54 Å². The van der Waals surface area contributed by atoms with Gasteiger partial charge in [0, 0.05) is 18.6 Å². The smallest absolute Gasteiger partial charge is 0.304 e. The zero-order valence-corrected chi connectivity index (χ0v) is 11.7. The molecule has 0 aliphatic heterocycles. The van der Waals surface area contributed by atoms with E-state index in [9.17, 15) is 4.79 Å². The molecule has 0 aromatic heterocycles. The van der Waals surface area contributed by atoms with Gasteiger partial charge in [-0.25, -0.2) is 0 Å². The number of aliphatic carboxylic acids is 1. The van der Waals surface area contributed by atoms with Crippen molar-refractivity contribution in [1.82, 2.24) is 4.90 Å². The number of nitrogens with zero attached hydrogens (tertiary/aromatic N) is 1. The van der Waals surface area contributed by atoms with Crippen LogP contribution in [-0.2, 0) is 4.79 Å². The average molecular weight is 241 g/mol. The molecule has 1 unspecified atom stereocenters. The van der Waals surface area contributed by atoms with Crippen LogP contribution in [0.15, 0.2) is 0 Å². The van der Waals surface area contributed by atoms with Gasteiger partial charge in [-0.2, -0.15) is 0 Å². The van der Waals surface area contributed by atoms with Crippen molar-refractivity contribution in [2.24, 2.45) is 5.41 Å². The first kappa shape index (κ1) is 14.5. The minimum atomic E-state index is -0.689. The molecule has 0 aromatic carbocycles. The summed E-state index contributed by atoms with van der Waals surface area (Å²) in [7, 11) is 0. The van der Waals surface area contributed by atoms with Gasteiger partial charge in [0.25, 0.3) is 0 Å². The molecule has 0 bridgehead atoms. The zero-order chi connectivity index (χ0) is 13.1. The van der Waals surface area contributed by atoms with Gasteiger partial charge in [0.2, 0.25) is 0 Å². The molecule has 17 heavy (non-hydrogen) atoms. The van der Waals surface area contributed by atoms with Crippen LogP contribution in [0.25, 0.3) is 0 Å². The molecule has 1 aliphatic rings. The van der Waals surface area contributed by atoms with Crippen LogP contribution in [0.3, 0.4) is 0 Å². The first-order valence-corrected chi connectivity index (χ1v) is 6.79. The van der Waals surface area contributed by atoms with Crippen LogP contribution >= 0.6 is 0 Å². The molecule has 1 saturated carbocycles. The third-order valence-corrected chi connectivity index (χ3v) is 3.90. The lowest BCUT2D eigenvalue weighted by Gasteiger charge is -2.43. The molecule has 0 amide bonds. The summed E-state index contributed by atoms with van der Waals surface area (Å²) in [6.07, 6.45) is 5.25. The molecule has 1 aliphatic carbocycles. The fourth-order valence-corrected chi connectivity index (χ4v) is 3.03. The van der Waals surface area contributed by atoms with Gasteiger partial charge < -0.3 is 5.11 Å². The Morgan fingerprint density at radius 1 is 1.47 bits per heavy atom. The summed E-state index contributed by atoms with van der Waals surface area (Å²) < 4.78 is 0. The summed E-state index contributed by atoms with van der Waals surface area (Å²) >= 11 is 0. The van der Waals surface area contributed by atoms with Crippen molar-refractivity contribution in [2.45, 2.75) is 71.9 Å². The molecule has 3 heteroatoms. The average Bonchev–Trinajstić information content (AvgIpc) is 2.15. The molecule has 0 radical (unpaired) electrons. The van der Waals surface area contributed by atoms with E-state index in [2.05, 4.69) is 32.6 Å². The van der Waals surface area contributed by atoms with Crippen molar-refractivity contribution in [3.63, 3.8) is 0 Å². The van der Waals surface area contributed by atoms with E-state index in [1.807, 2.05) is 0 Å². The van der Waals surface area contributed by atoms with E-state index in [0.29, 0.717) is 24.0 Å². The Morgan fingerprint density at radius 2 is 2.12 bits per heavy atom. The van der Waals surface area contributed by atoms with Gasteiger partial charge in [0.15, 0.2) is 0 Å². The maximum atomic E-state index is 10.7. The van der Waals surface area contributed by atoms with E-state index in [0.717, 1.165) is 0 Å². The lowest BCUT2D eigenvalue weighted by Crippen LogP contribution is -2.45. The highest BCUT2D eigenvalue weighted by molar-refractivity contribution is 5.66. The molecule has 3 nitrogen and oxygen atoms in total. The topological polar surface area (TPSA) is 40.5 Å². The van der Waals surface area contributed by atoms with E-state index < -0.39 is 5.97 Å². The Hall–Kier alpha value is -0.570. The highest BCUT2D eigenvalue weighted by Gasteiger charge is 2.32. The van der Waals surface area contributed by atoms with Gasteiger partial charge >= 0.3 is 5.97 Å². The van der Waals surface area contributed by atoms with Crippen LogP contribution in [0.2, 0.25) is 0 Å². The van der Waals surface area contributed by atoms with Crippen molar-refractivity contribution >= 4 is 5.97 Å². The van der Waals surface area contributed by atoms with Crippen molar-refractivity contribution < 1.29 is 9.90 Å². The molecule has 0 heterocycles. The number of hydrogen-bond donors (Lipinski definition) is 1. The van der Waals surface area contributed by atoms with Gasteiger partial charge in [-0.3, -0.25) is 9.69 Å². The minimum absolute atomic E-state index is 0.259. The van der Waals surface area contributed by atoms with Crippen LogP contribution in [0.5, 0.6) is 0 Å². The van der Waals surface area contributed by atoms with Crippen LogP contribution < -0.4 is 0 Å². The summed E-state index contributed by atoms with van der Waals surface area (Å²) in [6.45, 7) is 9.68. The van der Waals surface area contributed by atoms with E-state index >= 15 is 0 Å². The Morgan fingerprint density at radius 3 is 2.59 bits per heavy atom. The number of carboxylic acids is 1. The second kappa shape index (κ2) is 5.85. The Kier molecular flexibility index (Phi) is 4.99. The number of hydrogen-bond acceptors (Lipinski definition) is 2. The molecule has 0 saturated heterocycles. The highest BCUT2D eigenvalue weighted by atomic mass is 16.4. The maximum Gasteiger partial charge on any atom is 0.304 e. The highest BCUT2D eigenvalue weighted by Crippen LogP contribution is 2.37. The summed E-state index contributed by atoms with van der Waals surface area (Å²) in [6, 6.07) is 1.01. The summed E-state index contributed by atoms with van der Waals surface area (Å²) in [5.41, 5.74) is 0.416. The molecule has 0 aromatic rings. The summed E-state index contributed by atoms with van der Waals surface area (Å²) in [5, 5.41) is 8.82. The summed E-state index contributed by atoms with van der Waals surface area (Å²) in [4.78, 5) is 13.1. The lowest BCUT2D eigenvalue weighted by molar-refractivity contribution is -0.137. The Labute approximate surface area is 105 Å². The molecule has 1 N–H and O–H groups in total. The van der Waals surface area contributed by atoms with E-state index in [4.69, 9.17) is 5.11 Å². The second-order valence-electron chi connectivity index (χ2n) is 6.39. The zero-order valence-electron chi connectivity index (χ0n) is 11.7. The molecular formula is C14H27NO2. The Balaban J connectivity index is 2.60.